The number of carboxylic acids is 1. The van der Waals surface area contributed by atoms with Gasteiger partial charge < -0.3 is 14.7 Å². The molecule has 0 spiro atoms. The summed E-state index contributed by atoms with van der Waals surface area (Å²) in [5.41, 5.74) is 0. The van der Waals surface area contributed by atoms with Crippen LogP contribution in [0, 0.1) is 5.92 Å². The molecule has 0 bridgehead atoms. The van der Waals surface area contributed by atoms with Crippen molar-refractivity contribution >= 4 is 11.9 Å². The molecule has 2 unspecified atom stereocenters. The molecule has 0 aliphatic carbocycles. The minimum Gasteiger partial charge on any atom is -0.481 e. The second-order valence-corrected chi connectivity index (χ2v) is 4.83. The molecule has 1 saturated heterocycles. The third-order valence-electron chi connectivity index (χ3n) is 3.10. The van der Waals surface area contributed by atoms with Crippen LogP contribution in [0.25, 0.3) is 0 Å². The fourth-order valence-corrected chi connectivity index (χ4v) is 2.01. The van der Waals surface area contributed by atoms with Crippen LogP contribution in [0.2, 0.25) is 0 Å². The molecule has 98 valence electrons. The van der Waals surface area contributed by atoms with Crippen LogP contribution < -0.4 is 0 Å². The van der Waals surface area contributed by atoms with Gasteiger partial charge in [-0.15, -0.1) is 0 Å². The van der Waals surface area contributed by atoms with Crippen molar-refractivity contribution in [1.82, 2.24) is 4.90 Å². The molecular formula is C12H21NO4. The van der Waals surface area contributed by atoms with Crippen LogP contribution in [-0.2, 0) is 14.3 Å². The minimum absolute atomic E-state index is 0.00162. The van der Waals surface area contributed by atoms with Gasteiger partial charge in [-0.25, -0.2) is 0 Å². The van der Waals surface area contributed by atoms with Gasteiger partial charge in [-0.1, -0.05) is 6.92 Å². The van der Waals surface area contributed by atoms with Crippen molar-refractivity contribution in [2.24, 2.45) is 5.92 Å². The molecule has 1 fully saturated rings. The second-order valence-electron chi connectivity index (χ2n) is 4.83. The Morgan fingerprint density at radius 1 is 1.47 bits per heavy atom. The summed E-state index contributed by atoms with van der Waals surface area (Å²) in [7, 11) is 0. The predicted molar refractivity (Wildman–Crippen MR) is 62.6 cm³/mol. The number of hydrogen-bond donors (Lipinski definition) is 1. The Labute approximate surface area is 102 Å². The number of carboxylic acid groups (broad SMARTS) is 1. The lowest BCUT2D eigenvalue weighted by atomic mass is 10.0. The smallest absolute Gasteiger partial charge is 0.305 e. The van der Waals surface area contributed by atoms with Crippen LogP contribution in [0.15, 0.2) is 0 Å². The van der Waals surface area contributed by atoms with E-state index in [4.69, 9.17) is 9.84 Å². The summed E-state index contributed by atoms with van der Waals surface area (Å²) in [5, 5.41) is 8.67. The van der Waals surface area contributed by atoms with Gasteiger partial charge in [-0.05, 0) is 26.2 Å². The Balaban J connectivity index is 2.63. The highest BCUT2D eigenvalue weighted by Gasteiger charge is 2.34. The van der Waals surface area contributed by atoms with Gasteiger partial charge in [0.25, 0.3) is 5.91 Å². The number of rotatable bonds is 5. The summed E-state index contributed by atoms with van der Waals surface area (Å²) in [6.45, 7) is 6.63. The standard InChI is InChI=1S/C12H21NO4/c1-8(2)13(6-4-10(14)15)12(16)11-9(3)5-7-17-11/h8-9,11H,4-7H2,1-3H3,(H,14,15). The van der Waals surface area contributed by atoms with E-state index in [2.05, 4.69) is 0 Å². The zero-order valence-corrected chi connectivity index (χ0v) is 10.7. The van der Waals surface area contributed by atoms with Crippen molar-refractivity contribution in [3.8, 4) is 0 Å². The molecule has 1 aliphatic rings. The van der Waals surface area contributed by atoms with E-state index in [1.54, 1.807) is 4.90 Å². The van der Waals surface area contributed by atoms with Crippen molar-refractivity contribution in [3.05, 3.63) is 0 Å². The molecule has 2 atom stereocenters. The van der Waals surface area contributed by atoms with Crippen molar-refractivity contribution in [2.75, 3.05) is 13.2 Å². The third-order valence-corrected chi connectivity index (χ3v) is 3.10. The van der Waals surface area contributed by atoms with Crippen LogP contribution in [0.3, 0.4) is 0 Å². The van der Waals surface area contributed by atoms with E-state index in [1.165, 1.54) is 0 Å². The van der Waals surface area contributed by atoms with Gasteiger partial charge in [0.05, 0.1) is 6.42 Å². The summed E-state index contributed by atoms with van der Waals surface area (Å²) >= 11 is 0. The molecule has 5 heteroatoms. The van der Waals surface area contributed by atoms with Crippen LogP contribution in [0.5, 0.6) is 0 Å². The van der Waals surface area contributed by atoms with Crippen molar-refractivity contribution in [1.29, 1.82) is 0 Å². The van der Waals surface area contributed by atoms with E-state index in [9.17, 15) is 9.59 Å². The van der Waals surface area contributed by atoms with E-state index >= 15 is 0 Å². The Bertz CT molecular complexity index is 290. The van der Waals surface area contributed by atoms with Gasteiger partial charge in [0.2, 0.25) is 0 Å². The first-order valence-corrected chi connectivity index (χ1v) is 6.07. The average molecular weight is 243 g/mol. The van der Waals surface area contributed by atoms with E-state index in [0.29, 0.717) is 6.61 Å². The Morgan fingerprint density at radius 3 is 2.53 bits per heavy atom. The van der Waals surface area contributed by atoms with Crippen LogP contribution in [0.4, 0.5) is 0 Å². The van der Waals surface area contributed by atoms with Crippen molar-refractivity contribution < 1.29 is 19.4 Å². The number of aliphatic carboxylic acids is 1. The second kappa shape index (κ2) is 6.00. The number of ether oxygens (including phenoxy) is 1. The zero-order chi connectivity index (χ0) is 13.0. The van der Waals surface area contributed by atoms with Crippen molar-refractivity contribution in [2.45, 2.75) is 45.8 Å². The molecule has 1 amide bonds. The number of carbonyl (C=O) groups excluding carboxylic acids is 1. The third kappa shape index (κ3) is 3.70. The molecule has 1 aliphatic heterocycles. The fourth-order valence-electron chi connectivity index (χ4n) is 2.01. The topological polar surface area (TPSA) is 66.8 Å². The quantitative estimate of drug-likeness (QED) is 0.785. The molecule has 0 aromatic rings. The lowest BCUT2D eigenvalue weighted by Crippen LogP contribution is -2.45. The molecule has 1 heterocycles. The van der Waals surface area contributed by atoms with Gasteiger partial charge >= 0.3 is 5.97 Å². The normalized spacial score (nSPS) is 24.0. The number of amides is 1. The monoisotopic (exact) mass is 243 g/mol. The molecule has 0 aromatic heterocycles. The molecule has 1 N–H and O–H groups in total. The summed E-state index contributed by atoms with van der Waals surface area (Å²) in [6.07, 6.45) is 0.470. The van der Waals surface area contributed by atoms with Crippen LogP contribution >= 0.6 is 0 Å². The van der Waals surface area contributed by atoms with E-state index in [0.717, 1.165) is 6.42 Å². The Kier molecular flexibility index (Phi) is 4.93. The highest BCUT2D eigenvalue weighted by atomic mass is 16.5. The predicted octanol–water partition coefficient (Wildman–Crippen LogP) is 1.12. The van der Waals surface area contributed by atoms with Gasteiger partial charge in [0, 0.05) is 19.2 Å². The molecule has 5 nitrogen and oxygen atoms in total. The minimum atomic E-state index is -0.885. The number of carbonyl (C=O) groups is 2. The number of nitrogens with zero attached hydrogens (tertiary/aromatic N) is 1. The first-order chi connectivity index (χ1) is 7.93. The van der Waals surface area contributed by atoms with E-state index < -0.39 is 12.1 Å². The van der Waals surface area contributed by atoms with Crippen LogP contribution in [0.1, 0.15) is 33.6 Å². The van der Waals surface area contributed by atoms with Gasteiger partial charge in [-0.2, -0.15) is 0 Å². The van der Waals surface area contributed by atoms with Gasteiger partial charge in [-0.3, -0.25) is 9.59 Å². The maximum absolute atomic E-state index is 12.2. The summed E-state index contributed by atoms with van der Waals surface area (Å²) in [6, 6.07) is -0.00162. The summed E-state index contributed by atoms with van der Waals surface area (Å²) in [5.74, 6) is -0.747. The SMILES string of the molecule is CC1CCOC1C(=O)N(CCC(=O)O)C(C)C. The Hall–Kier alpha value is -1.10. The number of hydrogen-bond acceptors (Lipinski definition) is 3. The molecule has 0 saturated carbocycles. The first kappa shape index (κ1) is 14.0. The summed E-state index contributed by atoms with van der Waals surface area (Å²) < 4.78 is 5.43. The Morgan fingerprint density at radius 2 is 2.12 bits per heavy atom. The summed E-state index contributed by atoms with van der Waals surface area (Å²) in [4.78, 5) is 24.4. The lowest BCUT2D eigenvalue weighted by molar-refractivity contribution is -0.145. The van der Waals surface area contributed by atoms with Gasteiger partial charge in [0.15, 0.2) is 0 Å². The maximum Gasteiger partial charge on any atom is 0.305 e. The van der Waals surface area contributed by atoms with Crippen LogP contribution in [-0.4, -0.2) is 47.2 Å². The van der Waals surface area contributed by atoms with Crippen molar-refractivity contribution in [3.63, 3.8) is 0 Å². The zero-order valence-electron chi connectivity index (χ0n) is 10.7. The highest BCUT2D eigenvalue weighted by molar-refractivity contribution is 5.82. The van der Waals surface area contributed by atoms with E-state index in [1.807, 2.05) is 20.8 Å². The molecule has 0 aromatic carbocycles. The van der Waals surface area contributed by atoms with E-state index in [-0.39, 0.29) is 30.8 Å². The maximum atomic E-state index is 12.2. The van der Waals surface area contributed by atoms with Gasteiger partial charge in [0.1, 0.15) is 6.10 Å². The highest BCUT2D eigenvalue weighted by Crippen LogP contribution is 2.22. The molecular weight excluding hydrogens is 222 g/mol. The molecule has 0 radical (unpaired) electrons. The first-order valence-electron chi connectivity index (χ1n) is 6.07. The fraction of sp³-hybridized carbons (Fsp3) is 0.833. The average Bonchev–Trinajstić information content (AvgIpc) is 2.63. The lowest BCUT2D eigenvalue weighted by Gasteiger charge is -2.29. The molecule has 17 heavy (non-hydrogen) atoms. The molecule has 1 rings (SSSR count). The largest absolute Gasteiger partial charge is 0.481 e.